The number of nitrogens with zero attached hydrogens (tertiary/aromatic N) is 2. The number of hydrogen-bond donors (Lipinski definition) is 2. The largest absolute Gasteiger partial charge is 0.480 e. The highest BCUT2D eigenvalue weighted by atomic mass is 16.6. The van der Waals surface area contributed by atoms with E-state index >= 15 is 0 Å². The lowest BCUT2D eigenvalue weighted by molar-refractivity contribution is -0.142. The van der Waals surface area contributed by atoms with E-state index in [0.717, 1.165) is 5.52 Å². The number of carboxylic acids is 1. The van der Waals surface area contributed by atoms with E-state index in [1.54, 1.807) is 13.8 Å². The highest BCUT2D eigenvalue weighted by molar-refractivity contribution is 5.80. The van der Waals surface area contributed by atoms with Gasteiger partial charge in [0.2, 0.25) is 0 Å². The van der Waals surface area contributed by atoms with E-state index in [2.05, 4.69) is 10.3 Å². The summed E-state index contributed by atoms with van der Waals surface area (Å²) in [5.74, 6) is -1.00. The molecule has 1 fully saturated rings. The first-order valence-electron chi connectivity index (χ1n) is 8.17. The molecular weight excluding hydrogens is 326 g/mol. The maximum Gasteiger partial charge on any atom is 0.411 e. The molecule has 0 bridgehead atoms. The third kappa shape index (κ3) is 3.84. The van der Waals surface area contributed by atoms with Crippen molar-refractivity contribution < 1.29 is 23.8 Å². The molecule has 0 radical (unpaired) electrons. The van der Waals surface area contributed by atoms with Crippen LogP contribution in [0, 0.1) is 0 Å². The maximum atomic E-state index is 12.3. The molecule has 1 amide bonds. The summed E-state index contributed by atoms with van der Waals surface area (Å²) in [7, 11) is 0. The van der Waals surface area contributed by atoms with Gasteiger partial charge in [-0.1, -0.05) is 12.1 Å². The minimum absolute atomic E-state index is 0.275. The number of nitrogens with one attached hydrogen (secondary N) is 1. The summed E-state index contributed by atoms with van der Waals surface area (Å²) in [5, 5.41) is 12.2. The Morgan fingerprint density at radius 3 is 2.92 bits per heavy atom. The van der Waals surface area contributed by atoms with Crippen molar-refractivity contribution in [2.24, 2.45) is 0 Å². The van der Waals surface area contributed by atoms with E-state index in [4.69, 9.17) is 14.3 Å². The van der Waals surface area contributed by atoms with E-state index in [0.29, 0.717) is 31.0 Å². The molecule has 1 aromatic heterocycles. The number of para-hydroxylation sites is 2. The van der Waals surface area contributed by atoms with Crippen molar-refractivity contribution in [1.82, 2.24) is 9.88 Å². The predicted octanol–water partition coefficient (Wildman–Crippen LogP) is 2.70. The Hall–Kier alpha value is -2.77. The van der Waals surface area contributed by atoms with E-state index in [1.165, 1.54) is 4.90 Å². The van der Waals surface area contributed by atoms with Gasteiger partial charge in [-0.05, 0) is 38.8 Å². The molecule has 25 heavy (non-hydrogen) atoms. The molecule has 1 atom stereocenters. The number of aromatic nitrogens is 1. The van der Waals surface area contributed by atoms with Crippen molar-refractivity contribution in [3.8, 4) is 0 Å². The van der Waals surface area contributed by atoms with Gasteiger partial charge in [0.15, 0.2) is 5.58 Å². The van der Waals surface area contributed by atoms with Gasteiger partial charge in [-0.2, -0.15) is 4.98 Å². The van der Waals surface area contributed by atoms with Crippen molar-refractivity contribution in [2.75, 3.05) is 18.4 Å². The molecule has 2 heterocycles. The zero-order valence-electron chi connectivity index (χ0n) is 14.2. The quantitative estimate of drug-likeness (QED) is 0.856. The summed E-state index contributed by atoms with van der Waals surface area (Å²) >= 11 is 0. The van der Waals surface area contributed by atoms with Gasteiger partial charge >= 0.3 is 12.1 Å². The average Bonchev–Trinajstić information content (AvgIpc) is 3.19. The van der Waals surface area contributed by atoms with Crippen molar-refractivity contribution >= 4 is 29.2 Å². The number of rotatable bonds is 5. The number of likely N-dealkylation sites (tertiary alicyclic amines) is 1. The molecule has 1 aliphatic heterocycles. The second-order valence-corrected chi connectivity index (χ2v) is 6.66. The summed E-state index contributed by atoms with van der Waals surface area (Å²) in [5.41, 5.74) is 0.547. The van der Waals surface area contributed by atoms with Crippen molar-refractivity contribution in [3.63, 3.8) is 0 Å². The number of benzene rings is 1. The zero-order chi connectivity index (χ0) is 18.0. The predicted molar refractivity (Wildman–Crippen MR) is 90.4 cm³/mol. The third-order valence-corrected chi connectivity index (χ3v) is 4.10. The lowest BCUT2D eigenvalue weighted by atomic mass is 10.1. The topological polar surface area (TPSA) is 105 Å². The van der Waals surface area contributed by atoms with Gasteiger partial charge in [-0.25, -0.2) is 9.59 Å². The Balaban J connectivity index is 1.59. The number of carbonyl (C=O) groups excluding carboxylic acids is 1. The third-order valence-electron chi connectivity index (χ3n) is 4.10. The number of aliphatic carboxylic acids is 1. The first kappa shape index (κ1) is 17.1. The number of ether oxygens (including phenoxy) is 1. The van der Waals surface area contributed by atoms with Crippen LogP contribution in [0.1, 0.15) is 26.7 Å². The Morgan fingerprint density at radius 2 is 2.20 bits per heavy atom. The first-order chi connectivity index (χ1) is 11.9. The van der Waals surface area contributed by atoms with Gasteiger partial charge in [-0.15, -0.1) is 0 Å². The molecule has 0 aliphatic carbocycles. The van der Waals surface area contributed by atoms with Gasteiger partial charge in [0, 0.05) is 6.54 Å². The fourth-order valence-electron chi connectivity index (χ4n) is 2.81. The van der Waals surface area contributed by atoms with E-state index in [-0.39, 0.29) is 6.54 Å². The number of fused-ring (bicyclic) bond motifs is 1. The van der Waals surface area contributed by atoms with Gasteiger partial charge < -0.3 is 19.6 Å². The second-order valence-electron chi connectivity index (χ2n) is 6.66. The minimum Gasteiger partial charge on any atom is -0.480 e. The van der Waals surface area contributed by atoms with Gasteiger partial charge in [0.1, 0.15) is 17.2 Å². The van der Waals surface area contributed by atoms with Gasteiger partial charge in [0.25, 0.3) is 6.01 Å². The van der Waals surface area contributed by atoms with E-state index in [9.17, 15) is 9.59 Å². The fraction of sp³-hybridized carbons (Fsp3) is 0.471. The minimum atomic E-state index is -1.00. The van der Waals surface area contributed by atoms with Crippen LogP contribution in [0.5, 0.6) is 0 Å². The van der Waals surface area contributed by atoms with Crippen molar-refractivity contribution in [3.05, 3.63) is 24.3 Å². The first-order valence-corrected chi connectivity index (χ1v) is 8.17. The molecule has 3 rings (SSSR count). The van der Waals surface area contributed by atoms with E-state index in [1.807, 2.05) is 24.3 Å². The lowest BCUT2D eigenvalue weighted by Gasteiger charge is -2.29. The van der Waals surface area contributed by atoms with Crippen LogP contribution < -0.4 is 5.32 Å². The summed E-state index contributed by atoms with van der Waals surface area (Å²) in [6.45, 7) is 4.15. The summed E-state index contributed by atoms with van der Waals surface area (Å²) in [4.78, 5) is 29.1. The molecule has 2 aromatic rings. The smallest absolute Gasteiger partial charge is 0.411 e. The van der Waals surface area contributed by atoms with E-state index < -0.39 is 23.7 Å². The van der Waals surface area contributed by atoms with Gasteiger partial charge in [-0.3, -0.25) is 4.90 Å². The molecule has 8 nitrogen and oxygen atoms in total. The molecular formula is C17H21N3O5. The summed E-state index contributed by atoms with van der Waals surface area (Å²) in [6, 6.07) is 6.92. The van der Waals surface area contributed by atoms with Crippen LogP contribution in [0.15, 0.2) is 28.7 Å². The Morgan fingerprint density at radius 1 is 1.44 bits per heavy atom. The lowest BCUT2D eigenvalue weighted by Crippen LogP contribution is -2.45. The van der Waals surface area contributed by atoms with Crippen molar-refractivity contribution in [2.45, 2.75) is 38.3 Å². The average molecular weight is 347 g/mol. The number of oxazole rings is 1. The Labute approximate surface area is 144 Å². The van der Waals surface area contributed by atoms with Gasteiger partial charge in [0.05, 0.1) is 6.54 Å². The summed E-state index contributed by atoms with van der Waals surface area (Å²) < 4.78 is 11.1. The fourth-order valence-corrected chi connectivity index (χ4v) is 2.81. The van der Waals surface area contributed by atoms with Crippen LogP contribution in [-0.4, -0.2) is 51.8 Å². The molecule has 2 N–H and O–H groups in total. The summed E-state index contributed by atoms with van der Waals surface area (Å²) in [6.07, 6.45) is 0.494. The SMILES string of the molecule is CC(C)(CNc1nc2ccccc2o1)OC(=O)N1CCCC1C(=O)O. The van der Waals surface area contributed by atoms with Crippen molar-refractivity contribution in [1.29, 1.82) is 0 Å². The van der Waals surface area contributed by atoms with Crippen LogP contribution in [0.25, 0.3) is 11.1 Å². The van der Waals surface area contributed by atoms with Crippen LogP contribution >= 0.6 is 0 Å². The highest BCUT2D eigenvalue weighted by Gasteiger charge is 2.37. The highest BCUT2D eigenvalue weighted by Crippen LogP contribution is 2.22. The standard InChI is InChI=1S/C17H21N3O5/c1-17(2,25-16(23)20-9-5-7-12(20)14(21)22)10-18-15-19-11-6-3-4-8-13(11)24-15/h3-4,6,8,12H,5,7,9-10H2,1-2H3,(H,18,19)(H,21,22). The number of amides is 1. The monoisotopic (exact) mass is 347 g/mol. The number of anilines is 1. The normalized spacial score (nSPS) is 17.7. The van der Waals surface area contributed by atoms with Crippen LogP contribution in [0.4, 0.5) is 10.8 Å². The second kappa shape index (κ2) is 6.62. The molecule has 1 aromatic carbocycles. The molecule has 134 valence electrons. The zero-order valence-corrected chi connectivity index (χ0v) is 14.2. The van der Waals surface area contributed by atoms with Crippen LogP contribution in [0.2, 0.25) is 0 Å². The van der Waals surface area contributed by atoms with Crippen LogP contribution in [0.3, 0.4) is 0 Å². The number of carbonyl (C=O) groups is 2. The molecule has 1 unspecified atom stereocenters. The molecule has 0 saturated carbocycles. The molecule has 1 saturated heterocycles. The number of hydrogen-bond acceptors (Lipinski definition) is 6. The Kier molecular flexibility index (Phi) is 4.52. The molecule has 8 heteroatoms. The number of carboxylic acid groups (broad SMARTS) is 1. The molecule has 0 spiro atoms. The van der Waals surface area contributed by atoms with Crippen LogP contribution in [-0.2, 0) is 9.53 Å². The Bertz CT molecular complexity index is 752. The maximum absolute atomic E-state index is 12.3. The molecule has 1 aliphatic rings.